The predicted octanol–water partition coefficient (Wildman–Crippen LogP) is 7.25. The summed E-state index contributed by atoms with van der Waals surface area (Å²) in [6, 6.07) is 0. The van der Waals surface area contributed by atoms with E-state index in [9.17, 15) is 9.59 Å². The zero-order valence-corrected chi connectivity index (χ0v) is 24.9. The smallest absolute Gasteiger partial charge is 0.320 e. The van der Waals surface area contributed by atoms with Crippen molar-refractivity contribution >= 4 is 36.9 Å². The van der Waals surface area contributed by atoms with E-state index in [1.165, 1.54) is 32.1 Å². The van der Waals surface area contributed by atoms with Crippen molar-refractivity contribution in [1.82, 2.24) is 0 Å². The van der Waals surface area contributed by atoms with Crippen molar-refractivity contribution in [3.63, 3.8) is 0 Å². The molecule has 1 unspecified atom stereocenters. The molecule has 31 heavy (non-hydrogen) atoms. The molecule has 0 fully saturated rings. The fraction of sp³-hybridized carbons (Fsp3) is 0.913. The van der Waals surface area contributed by atoms with Crippen LogP contribution in [-0.4, -0.2) is 43.0 Å². The minimum absolute atomic E-state index is 0.0238. The molecule has 0 amide bonds. The average Bonchev–Trinajstić information content (AvgIpc) is 2.54. The SMILES string of the molecule is C[Si](C)(C)OC(=O)CCCCCCCCCCCC(O[Si](C)(C)C)C(=O)O[Si](C)(C)C. The summed E-state index contributed by atoms with van der Waals surface area (Å²) in [5.74, 6) is -0.181. The second-order valence-electron chi connectivity index (χ2n) is 11.6. The molecule has 8 heteroatoms. The van der Waals surface area contributed by atoms with E-state index in [4.69, 9.17) is 13.3 Å². The van der Waals surface area contributed by atoms with E-state index in [1.54, 1.807) is 0 Å². The van der Waals surface area contributed by atoms with Crippen molar-refractivity contribution < 1.29 is 22.9 Å². The molecule has 184 valence electrons. The summed E-state index contributed by atoms with van der Waals surface area (Å²) < 4.78 is 17.3. The van der Waals surface area contributed by atoms with Gasteiger partial charge < -0.3 is 13.3 Å². The van der Waals surface area contributed by atoms with Gasteiger partial charge in [-0.1, -0.05) is 51.4 Å². The Morgan fingerprint density at radius 2 is 1.00 bits per heavy atom. The van der Waals surface area contributed by atoms with Crippen molar-refractivity contribution in [2.75, 3.05) is 0 Å². The van der Waals surface area contributed by atoms with Gasteiger partial charge >= 0.3 is 5.97 Å². The molecule has 0 spiro atoms. The first kappa shape index (κ1) is 30.6. The first-order valence-electron chi connectivity index (χ1n) is 12.2. The van der Waals surface area contributed by atoms with Gasteiger partial charge in [-0.2, -0.15) is 0 Å². The lowest BCUT2D eigenvalue weighted by Gasteiger charge is -2.28. The fourth-order valence-corrected chi connectivity index (χ4v) is 5.84. The summed E-state index contributed by atoms with van der Waals surface area (Å²) >= 11 is 0. The Kier molecular flexibility index (Phi) is 14.4. The third kappa shape index (κ3) is 21.2. The molecule has 0 saturated carbocycles. The van der Waals surface area contributed by atoms with E-state index in [0.717, 1.165) is 32.1 Å². The molecule has 0 rings (SSSR count). The summed E-state index contributed by atoms with van der Waals surface area (Å²) in [4.78, 5) is 24.2. The molecule has 0 bridgehead atoms. The Balaban J connectivity index is 3.88. The minimum atomic E-state index is -1.89. The number of hydrogen-bond donors (Lipinski definition) is 0. The third-order valence-electron chi connectivity index (χ3n) is 4.43. The van der Waals surface area contributed by atoms with Crippen molar-refractivity contribution in [2.45, 2.75) is 136 Å². The molecule has 0 aromatic heterocycles. The molecule has 5 nitrogen and oxygen atoms in total. The van der Waals surface area contributed by atoms with Gasteiger partial charge in [-0.05, 0) is 71.8 Å². The minimum Gasteiger partial charge on any atom is -0.520 e. The van der Waals surface area contributed by atoms with Crippen LogP contribution in [0.25, 0.3) is 0 Å². The molecule has 0 N–H and O–H groups in total. The van der Waals surface area contributed by atoms with Gasteiger partial charge in [0.2, 0.25) is 16.6 Å². The van der Waals surface area contributed by atoms with Gasteiger partial charge in [-0.15, -0.1) is 0 Å². The van der Waals surface area contributed by atoms with Gasteiger partial charge in [0.25, 0.3) is 5.97 Å². The monoisotopic (exact) mass is 490 g/mol. The molecule has 0 aliphatic rings. The lowest BCUT2D eigenvalue weighted by atomic mass is 10.0. The maximum absolute atomic E-state index is 12.5. The maximum atomic E-state index is 12.5. The zero-order valence-electron chi connectivity index (χ0n) is 21.9. The molecular formula is C23H50O5Si3. The Bertz CT molecular complexity index is 519. The Morgan fingerprint density at radius 3 is 1.42 bits per heavy atom. The first-order chi connectivity index (χ1) is 14.1. The number of rotatable bonds is 17. The number of unbranched alkanes of at least 4 members (excludes halogenated alkanes) is 8. The molecule has 0 aliphatic carbocycles. The first-order valence-corrected chi connectivity index (χ1v) is 22.4. The quantitative estimate of drug-likeness (QED) is 0.159. The van der Waals surface area contributed by atoms with Crippen LogP contribution < -0.4 is 0 Å². The highest BCUT2D eigenvalue weighted by Gasteiger charge is 2.30. The second-order valence-corrected chi connectivity index (χ2v) is 24.9. The van der Waals surface area contributed by atoms with Crippen LogP contribution in [0.2, 0.25) is 58.9 Å². The molecular weight excluding hydrogens is 441 g/mol. The lowest BCUT2D eigenvalue weighted by Crippen LogP contribution is -2.41. The van der Waals surface area contributed by atoms with Crippen LogP contribution in [0.4, 0.5) is 0 Å². The summed E-state index contributed by atoms with van der Waals surface area (Å²) in [7, 11) is -5.41. The van der Waals surface area contributed by atoms with Crippen LogP contribution in [-0.2, 0) is 22.9 Å². The van der Waals surface area contributed by atoms with Crippen LogP contribution >= 0.6 is 0 Å². The van der Waals surface area contributed by atoms with Gasteiger partial charge in [0, 0.05) is 6.42 Å². The van der Waals surface area contributed by atoms with Crippen molar-refractivity contribution in [2.24, 2.45) is 0 Å². The normalized spacial score (nSPS) is 13.7. The Hall–Kier alpha value is -0.449. The van der Waals surface area contributed by atoms with E-state index < -0.39 is 31.1 Å². The van der Waals surface area contributed by atoms with Crippen LogP contribution in [0, 0.1) is 0 Å². The van der Waals surface area contributed by atoms with Gasteiger partial charge in [0.05, 0.1) is 0 Å². The van der Waals surface area contributed by atoms with Crippen molar-refractivity contribution in [3.8, 4) is 0 Å². The van der Waals surface area contributed by atoms with Gasteiger partial charge in [0.1, 0.15) is 6.10 Å². The number of carbonyl (C=O) groups excluding carboxylic acids is 2. The Morgan fingerprint density at radius 1 is 0.581 bits per heavy atom. The van der Waals surface area contributed by atoms with Crippen LogP contribution in [0.15, 0.2) is 0 Å². The van der Waals surface area contributed by atoms with Gasteiger partial charge in [-0.3, -0.25) is 9.59 Å². The summed E-state index contributed by atoms with van der Waals surface area (Å²) in [5.41, 5.74) is 0. The highest BCUT2D eigenvalue weighted by Crippen LogP contribution is 2.18. The van der Waals surface area contributed by atoms with Gasteiger partial charge in [0.15, 0.2) is 8.32 Å². The molecule has 0 aromatic rings. The molecule has 0 aromatic carbocycles. The summed E-state index contributed by atoms with van der Waals surface area (Å²) in [6.07, 6.45) is 11.2. The zero-order chi connectivity index (χ0) is 24.1. The number of hydrogen-bond acceptors (Lipinski definition) is 5. The lowest BCUT2D eigenvalue weighted by molar-refractivity contribution is -0.143. The predicted molar refractivity (Wildman–Crippen MR) is 138 cm³/mol. The molecule has 0 saturated heterocycles. The largest absolute Gasteiger partial charge is 0.520 e. The maximum Gasteiger partial charge on any atom is 0.320 e. The standard InChI is InChI=1S/C23H50O5Si3/c1-29(2,3)26-21(23(25)28-31(7,8)9)19-17-15-13-11-10-12-14-16-18-20-22(24)27-30(4,5)6/h21H,10-20H2,1-9H3. The highest BCUT2D eigenvalue weighted by molar-refractivity contribution is 6.72. The van der Waals surface area contributed by atoms with E-state index in [0.29, 0.717) is 6.42 Å². The Labute approximate surface area is 195 Å². The fourth-order valence-electron chi connectivity index (χ4n) is 3.25. The molecule has 1 atom stereocenters. The average molecular weight is 491 g/mol. The second kappa shape index (κ2) is 14.6. The van der Waals surface area contributed by atoms with E-state index in [-0.39, 0.29) is 11.9 Å². The molecule has 0 heterocycles. The third-order valence-corrected chi connectivity index (χ3v) is 7.08. The number of carbonyl (C=O) groups is 2. The van der Waals surface area contributed by atoms with E-state index >= 15 is 0 Å². The topological polar surface area (TPSA) is 61.8 Å². The van der Waals surface area contributed by atoms with Crippen molar-refractivity contribution in [1.29, 1.82) is 0 Å². The summed E-state index contributed by atoms with van der Waals surface area (Å²) in [5, 5.41) is 0. The van der Waals surface area contributed by atoms with E-state index in [2.05, 4.69) is 19.6 Å². The molecule has 0 aliphatic heterocycles. The van der Waals surface area contributed by atoms with E-state index in [1.807, 2.05) is 39.3 Å². The van der Waals surface area contributed by atoms with Crippen LogP contribution in [0.3, 0.4) is 0 Å². The van der Waals surface area contributed by atoms with Crippen LogP contribution in [0.5, 0.6) is 0 Å². The van der Waals surface area contributed by atoms with Crippen molar-refractivity contribution in [3.05, 3.63) is 0 Å². The molecule has 0 radical (unpaired) electrons. The van der Waals surface area contributed by atoms with Crippen LogP contribution in [0.1, 0.15) is 70.6 Å². The highest BCUT2D eigenvalue weighted by atomic mass is 28.4. The van der Waals surface area contributed by atoms with Gasteiger partial charge in [-0.25, -0.2) is 0 Å². The summed E-state index contributed by atoms with van der Waals surface area (Å²) in [6.45, 7) is 18.6.